The van der Waals surface area contributed by atoms with Crippen LogP contribution in [-0.4, -0.2) is 25.2 Å². The standard InChI is InChI=1S/C26H46O4/c1-3-5-7-9-11-13-15-19-23-29-25(27)21-17-18-22-26(28)30-24-20-16-14-12-10-8-6-4-2/h11-14H,3-10,15-24H2,1-2H3/b13-11+,14-12+. The van der Waals surface area contributed by atoms with E-state index in [2.05, 4.69) is 38.2 Å². The first kappa shape index (κ1) is 28.4. The Bertz CT molecular complexity index is 412. The third-order valence-electron chi connectivity index (χ3n) is 4.85. The minimum absolute atomic E-state index is 0.166. The van der Waals surface area contributed by atoms with Crippen molar-refractivity contribution in [1.29, 1.82) is 0 Å². The minimum atomic E-state index is -0.166. The second-order valence-electron chi connectivity index (χ2n) is 7.87. The first-order valence-electron chi connectivity index (χ1n) is 12.3. The predicted octanol–water partition coefficient (Wildman–Crippen LogP) is 7.47. The lowest BCUT2D eigenvalue weighted by Gasteiger charge is -2.05. The summed E-state index contributed by atoms with van der Waals surface area (Å²) in [6.45, 7) is 5.38. The molecule has 0 radical (unpaired) electrons. The molecule has 0 fully saturated rings. The third-order valence-corrected chi connectivity index (χ3v) is 4.85. The number of carbonyl (C=O) groups is 2. The highest BCUT2D eigenvalue weighted by atomic mass is 16.5. The minimum Gasteiger partial charge on any atom is -0.466 e. The van der Waals surface area contributed by atoms with Crippen molar-refractivity contribution < 1.29 is 19.1 Å². The van der Waals surface area contributed by atoms with Gasteiger partial charge in [0.1, 0.15) is 0 Å². The largest absolute Gasteiger partial charge is 0.466 e. The van der Waals surface area contributed by atoms with Gasteiger partial charge in [-0.05, 0) is 64.2 Å². The van der Waals surface area contributed by atoms with Crippen molar-refractivity contribution in [2.24, 2.45) is 0 Å². The first-order chi connectivity index (χ1) is 14.7. The van der Waals surface area contributed by atoms with E-state index in [0.29, 0.717) is 38.9 Å². The lowest BCUT2D eigenvalue weighted by atomic mass is 10.2. The van der Waals surface area contributed by atoms with E-state index in [0.717, 1.165) is 38.5 Å². The van der Waals surface area contributed by atoms with Gasteiger partial charge in [0.2, 0.25) is 0 Å². The molecule has 0 rings (SSSR count). The number of ether oxygens (including phenoxy) is 2. The fraction of sp³-hybridized carbons (Fsp3) is 0.769. The molecule has 0 aromatic rings. The molecule has 0 atom stereocenters. The van der Waals surface area contributed by atoms with Gasteiger partial charge >= 0.3 is 11.9 Å². The van der Waals surface area contributed by atoms with Crippen molar-refractivity contribution >= 4 is 11.9 Å². The molecule has 0 heterocycles. The van der Waals surface area contributed by atoms with Gasteiger partial charge in [0.05, 0.1) is 13.2 Å². The molecule has 0 aliphatic rings. The van der Waals surface area contributed by atoms with Crippen molar-refractivity contribution in [1.82, 2.24) is 0 Å². The molecule has 0 saturated carbocycles. The van der Waals surface area contributed by atoms with Crippen LogP contribution >= 0.6 is 0 Å². The van der Waals surface area contributed by atoms with E-state index in [4.69, 9.17) is 9.47 Å². The molecule has 0 amide bonds. The maximum Gasteiger partial charge on any atom is 0.305 e. The highest BCUT2D eigenvalue weighted by Crippen LogP contribution is 2.06. The quantitative estimate of drug-likeness (QED) is 0.109. The Balaban J connectivity index is 3.40. The molecule has 0 aromatic carbocycles. The van der Waals surface area contributed by atoms with E-state index in [1.165, 1.54) is 38.5 Å². The van der Waals surface area contributed by atoms with Gasteiger partial charge in [-0.25, -0.2) is 0 Å². The zero-order chi connectivity index (χ0) is 22.1. The fourth-order valence-electron chi connectivity index (χ4n) is 2.95. The molecule has 0 N–H and O–H groups in total. The summed E-state index contributed by atoms with van der Waals surface area (Å²) in [7, 11) is 0. The van der Waals surface area contributed by atoms with Crippen LogP contribution in [0.2, 0.25) is 0 Å². The number of unbranched alkanes of at least 4 members (excludes halogenated alkanes) is 9. The zero-order valence-corrected chi connectivity index (χ0v) is 19.7. The summed E-state index contributed by atoms with van der Waals surface area (Å²) < 4.78 is 10.5. The molecule has 174 valence electrons. The molecule has 0 bridgehead atoms. The molecule has 0 spiro atoms. The summed E-state index contributed by atoms with van der Waals surface area (Å²) in [5.74, 6) is -0.331. The van der Waals surface area contributed by atoms with E-state index in [1.54, 1.807) is 0 Å². The Morgan fingerprint density at radius 3 is 1.27 bits per heavy atom. The molecule has 4 nitrogen and oxygen atoms in total. The van der Waals surface area contributed by atoms with Crippen LogP contribution in [0.3, 0.4) is 0 Å². The van der Waals surface area contributed by atoms with Crippen LogP contribution in [-0.2, 0) is 19.1 Å². The van der Waals surface area contributed by atoms with Crippen molar-refractivity contribution in [2.45, 2.75) is 117 Å². The van der Waals surface area contributed by atoms with Gasteiger partial charge < -0.3 is 9.47 Å². The number of carbonyl (C=O) groups excluding carboxylic acids is 2. The smallest absolute Gasteiger partial charge is 0.305 e. The Labute approximate surface area is 185 Å². The molecule has 0 aliphatic heterocycles. The van der Waals surface area contributed by atoms with E-state index in [1.807, 2.05) is 0 Å². The van der Waals surface area contributed by atoms with Gasteiger partial charge in [0, 0.05) is 12.8 Å². The van der Waals surface area contributed by atoms with Crippen LogP contribution in [0.1, 0.15) is 117 Å². The van der Waals surface area contributed by atoms with Crippen molar-refractivity contribution in [2.75, 3.05) is 13.2 Å². The maximum absolute atomic E-state index is 11.7. The number of hydrogen-bond acceptors (Lipinski definition) is 4. The fourth-order valence-corrected chi connectivity index (χ4v) is 2.95. The number of esters is 2. The predicted molar refractivity (Wildman–Crippen MR) is 125 cm³/mol. The van der Waals surface area contributed by atoms with Gasteiger partial charge in [-0.1, -0.05) is 63.8 Å². The van der Waals surface area contributed by atoms with Crippen LogP contribution in [0.4, 0.5) is 0 Å². The lowest BCUT2D eigenvalue weighted by Crippen LogP contribution is -2.08. The Morgan fingerprint density at radius 2 is 0.900 bits per heavy atom. The molecule has 0 unspecified atom stereocenters. The Kier molecular flexibility index (Phi) is 22.4. The Hall–Kier alpha value is -1.58. The average Bonchev–Trinajstić information content (AvgIpc) is 2.74. The summed E-state index contributed by atoms with van der Waals surface area (Å²) in [4.78, 5) is 23.4. The molecule has 30 heavy (non-hydrogen) atoms. The van der Waals surface area contributed by atoms with Crippen LogP contribution in [0.5, 0.6) is 0 Å². The summed E-state index contributed by atoms with van der Waals surface area (Å²) in [5.41, 5.74) is 0. The number of hydrogen-bond donors (Lipinski definition) is 0. The van der Waals surface area contributed by atoms with Gasteiger partial charge in [-0.15, -0.1) is 0 Å². The highest BCUT2D eigenvalue weighted by Gasteiger charge is 2.05. The Morgan fingerprint density at radius 1 is 0.533 bits per heavy atom. The molecule has 0 aliphatic carbocycles. The second-order valence-corrected chi connectivity index (χ2v) is 7.87. The monoisotopic (exact) mass is 422 g/mol. The van der Waals surface area contributed by atoms with E-state index >= 15 is 0 Å². The molecule has 4 heteroatoms. The lowest BCUT2D eigenvalue weighted by molar-refractivity contribution is -0.146. The van der Waals surface area contributed by atoms with Crippen LogP contribution in [0.15, 0.2) is 24.3 Å². The van der Waals surface area contributed by atoms with Crippen molar-refractivity contribution in [3.8, 4) is 0 Å². The molecular formula is C26H46O4. The van der Waals surface area contributed by atoms with E-state index in [-0.39, 0.29) is 11.9 Å². The zero-order valence-electron chi connectivity index (χ0n) is 19.7. The molecule has 0 aromatic heterocycles. The summed E-state index contributed by atoms with van der Waals surface area (Å²) in [6.07, 6.45) is 24.4. The normalized spacial score (nSPS) is 11.4. The number of allylic oxidation sites excluding steroid dienone is 4. The summed E-state index contributed by atoms with van der Waals surface area (Å²) >= 11 is 0. The van der Waals surface area contributed by atoms with Crippen LogP contribution in [0, 0.1) is 0 Å². The van der Waals surface area contributed by atoms with Gasteiger partial charge in [0.25, 0.3) is 0 Å². The van der Waals surface area contributed by atoms with Crippen molar-refractivity contribution in [3.05, 3.63) is 24.3 Å². The highest BCUT2D eigenvalue weighted by molar-refractivity contribution is 5.70. The molecule has 0 saturated heterocycles. The third kappa shape index (κ3) is 22.7. The van der Waals surface area contributed by atoms with Crippen LogP contribution < -0.4 is 0 Å². The number of rotatable bonds is 21. The summed E-state index contributed by atoms with van der Waals surface area (Å²) in [6, 6.07) is 0. The van der Waals surface area contributed by atoms with Gasteiger partial charge in [-0.2, -0.15) is 0 Å². The summed E-state index contributed by atoms with van der Waals surface area (Å²) in [5, 5.41) is 0. The maximum atomic E-state index is 11.7. The van der Waals surface area contributed by atoms with Gasteiger partial charge in [-0.3, -0.25) is 9.59 Å². The van der Waals surface area contributed by atoms with E-state index < -0.39 is 0 Å². The molecular weight excluding hydrogens is 376 g/mol. The topological polar surface area (TPSA) is 52.6 Å². The van der Waals surface area contributed by atoms with Crippen LogP contribution in [0.25, 0.3) is 0 Å². The van der Waals surface area contributed by atoms with E-state index in [9.17, 15) is 9.59 Å². The first-order valence-corrected chi connectivity index (χ1v) is 12.3. The van der Waals surface area contributed by atoms with Crippen molar-refractivity contribution in [3.63, 3.8) is 0 Å². The van der Waals surface area contributed by atoms with Gasteiger partial charge in [0.15, 0.2) is 0 Å². The average molecular weight is 423 g/mol. The SMILES string of the molecule is CCCCC/C=C/CCCOC(=O)CCCCC(=O)OCCC/C=C/CCCCC. The second kappa shape index (κ2) is 23.7.